The van der Waals surface area contributed by atoms with Crippen LogP contribution in [0, 0.1) is 5.41 Å². The summed E-state index contributed by atoms with van der Waals surface area (Å²) in [5.74, 6) is -0.142. The quantitative estimate of drug-likeness (QED) is 0.343. The van der Waals surface area contributed by atoms with Gasteiger partial charge in [-0.3, -0.25) is 15.0 Å². The summed E-state index contributed by atoms with van der Waals surface area (Å²) in [6.45, 7) is 0. The van der Waals surface area contributed by atoms with Gasteiger partial charge in [-0.05, 0) is 42.5 Å². The maximum Gasteiger partial charge on any atom is 0.259 e. The normalized spacial score (nSPS) is 10.3. The lowest BCUT2D eigenvalue weighted by atomic mass is 10.1. The lowest BCUT2D eigenvalue weighted by molar-refractivity contribution is 0.102. The van der Waals surface area contributed by atoms with Gasteiger partial charge in [-0.1, -0.05) is 29.3 Å². The molecule has 0 aliphatic carbocycles. The number of aromatic nitrogens is 1. The summed E-state index contributed by atoms with van der Waals surface area (Å²) < 4.78 is 5.36. The summed E-state index contributed by atoms with van der Waals surface area (Å²) in [7, 11) is 4.94. The summed E-state index contributed by atoms with van der Waals surface area (Å²) in [5.41, 5.74) is 1.24. The number of amidine groups is 1. The fourth-order valence-electron chi connectivity index (χ4n) is 2.92. The molecular weight excluding hydrogens is 465 g/mol. The third-order valence-corrected chi connectivity index (χ3v) is 5.07. The second-order valence-corrected chi connectivity index (χ2v) is 7.99. The van der Waals surface area contributed by atoms with Crippen molar-refractivity contribution in [1.29, 1.82) is 5.41 Å². The molecule has 0 radical (unpaired) electrons. The highest BCUT2D eigenvalue weighted by Gasteiger charge is 2.19. The number of methoxy groups -OCH3 is 1. The van der Waals surface area contributed by atoms with Gasteiger partial charge in [0, 0.05) is 30.9 Å². The van der Waals surface area contributed by atoms with E-state index in [4.69, 9.17) is 33.3 Å². The minimum atomic E-state index is -0.510. The minimum absolute atomic E-state index is 0.151. The predicted octanol–water partition coefficient (Wildman–Crippen LogP) is 4.79. The first kappa shape index (κ1) is 24.0. The number of hydrogen-bond donors (Lipinski definition) is 3. The number of rotatable bonds is 6. The van der Waals surface area contributed by atoms with Crippen LogP contribution in [0.5, 0.6) is 5.75 Å². The molecular formula is C23H21Cl2N5O3. The smallest absolute Gasteiger partial charge is 0.259 e. The number of pyridine rings is 1. The third-order valence-electron chi connectivity index (χ3n) is 4.61. The largest absolute Gasteiger partial charge is 0.496 e. The Balaban J connectivity index is 1.87. The average molecular weight is 486 g/mol. The van der Waals surface area contributed by atoms with Crippen molar-refractivity contribution in [2.24, 2.45) is 0 Å². The van der Waals surface area contributed by atoms with Gasteiger partial charge in [0.15, 0.2) is 0 Å². The van der Waals surface area contributed by atoms with E-state index in [0.717, 1.165) is 0 Å². The van der Waals surface area contributed by atoms with Crippen LogP contribution in [0.3, 0.4) is 0 Å². The molecule has 0 saturated carbocycles. The van der Waals surface area contributed by atoms with Crippen LogP contribution >= 0.6 is 23.2 Å². The number of nitrogens with one attached hydrogen (secondary N) is 3. The van der Waals surface area contributed by atoms with Crippen LogP contribution in [0.4, 0.5) is 11.5 Å². The van der Waals surface area contributed by atoms with E-state index in [2.05, 4.69) is 15.6 Å². The fourth-order valence-corrected chi connectivity index (χ4v) is 3.20. The van der Waals surface area contributed by atoms with Crippen molar-refractivity contribution in [2.45, 2.75) is 0 Å². The first-order chi connectivity index (χ1) is 15.7. The number of hydrogen-bond acceptors (Lipinski definition) is 5. The zero-order valence-corrected chi connectivity index (χ0v) is 19.6. The van der Waals surface area contributed by atoms with Crippen LogP contribution in [-0.4, -0.2) is 48.7 Å². The Labute approximate surface area is 201 Å². The second-order valence-electron chi connectivity index (χ2n) is 7.12. The molecule has 2 amide bonds. The lowest BCUT2D eigenvalue weighted by Gasteiger charge is -2.16. The molecule has 0 aliphatic rings. The topological polar surface area (TPSA) is 107 Å². The van der Waals surface area contributed by atoms with Crippen molar-refractivity contribution in [3.05, 3.63) is 81.5 Å². The van der Waals surface area contributed by atoms with Crippen molar-refractivity contribution < 1.29 is 14.3 Å². The average Bonchev–Trinajstić information content (AvgIpc) is 2.80. The van der Waals surface area contributed by atoms with Crippen molar-refractivity contribution in [1.82, 2.24) is 9.88 Å². The summed E-state index contributed by atoms with van der Waals surface area (Å²) in [6, 6.07) is 12.5. The van der Waals surface area contributed by atoms with E-state index in [9.17, 15) is 9.59 Å². The summed E-state index contributed by atoms with van der Waals surface area (Å²) in [4.78, 5) is 31.5. The fraction of sp³-hybridized carbons (Fsp3) is 0.130. The molecule has 0 atom stereocenters. The number of anilines is 2. The van der Waals surface area contributed by atoms with E-state index in [0.29, 0.717) is 27.2 Å². The summed E-state index contributed by atoms with van der Waals surface area (Å²) >= 11 is 11.9. The highest BCUT2D eigenvalue weighted by molar-refractivity contribution is 6.31. The molecule has 8 nitrogen and oxygen atoms in total. The Morgan fingerprint density at radius 2 is 1.64 bits per heavy atom. The van der Waals surface area contributed by atoms with Crippen LogP contribution < -0.4 is 15.4 Å². The highest BCUT2D eigenvalue weighted by Crippen LogP contribution is 2.26. The maximum absolute atomic E-state index is 13.0. The van der Waals surface area contributed by atoms with Crippen molar-refractivity contribution >= 4 is 52.4 Å². The molecule has 170 valence electrons. The number of amides is 2. The zero-order chi connectivity index (χ0) is 24.1. The minimum Gasteiger partial charge on any atom is -0.496 e. The van der Waals surface area contributed by atoms with Crippen molar-refractivity contribution in [3.63, 3.8) is 0 Å². The van der Waals surface area contributed by atoms with E-state index in [-0.39, 0.29) is 22.6 Å². The summed E-state index contributed by atoms with van der Waals surface area (Å²) in [6.07, 6.45) is 1.41. The molecule has 0 saturated heterocycles. The van der Waals surface area contributed by atoms with Gasteiger partial charge < -0.3 is 20.3 Å². The van der Waals surface area contributed by atoms with E-state index >= 15 is 0 Å². The SMILES string of the molecule is COc1cc(C(=N)N(C)C)ccc1C(=O)Nc1ccc(Cl)cc1C(=O)Nc1ccc(Cl)cn1. The number of benzene rings is 2. The maximum atomic E-state index is 13.0. The van der Waals surface area contributed by atoms with E-state index in [1.54, 1.807) is 55.4 Å². The Bertz CT molecular complexity index is 1210. The Kier molecular flexibility index (Phi) is 7.52. The van der Waals surface area contributed by atoms with E-state index < -0.39 is 11.8 Å². The highest BCUT2D eigenvalue weighted by atomic mass is 35.5. The predicted molar refractivity (Wildman–Crippen MR) is 130 cm³/mol. The van der Waals surface area contributed by atoms with Crippen molar-refractivity contribution in [3.8, 4) is 5.75 Å². The number of carbonyl (C=O) groups excluding carboxylic acids is 2. The zero-order valence-electron chi connectivity index (χ0n) is 18.1. The molecule has 1 aromatic heterocycles. The standard InChI is InChI=1S/C23H21Cl2N5O3/c1-30(2)21(26)13-4-7-16(19(10-13)33-3)22(31)28-18-8-5-14(24)11-17(18)23(32)29-20-9-6-15(25)12-27-20/h4-12,26H,1-3H3,(H,28,31)(H,27,29,32). The van der Waals surface area contributed by atoms with Gasteiger partial charge in [-0.25, -0.2) is 4.98 Å². The Hall–Kier alpha value is -3.62. The molecule has 2 aromatic carbocycles. The molecule has 0 aliphatic heterocycles. The Morgan fingerprint density at radius 3 is 2.27 bits per heavy atom. The first-order valence-corrected chi connectivity index (χ1v) is 10.4. The van der Waals surface area contributed by atoms with Gasteiger partial charge in [0.05, 0.1) is 28.9 Å². The molecule has 3 rings (SSSR count). The lowest BCUT2D eigenvalue weighted by Crippen LogP contribution is -2.22. The van der Waals surface area contributed by atoms with E-state index in [1.165, 1.54) is 25.4 Å². The van der Waals surface area contributed by atoms with Gasteiger partial charge >= 0.3 is 0 Å². The third kappa shape index (κ3) is 5.79. The molecule has 33 heavy (non-hydrogen) atoms. The van der Waals surface area contributed by atoms with E-state index in [1.807, 2.05) is 0 Å². The van der Waals surface area contributed by atoms with Crippen LogP contribution in [-0.2, 0) is 0 Å². The van der Waals surface area contributed by atoms with Crippen LogP contribution in [0.15, 0.2) is 54.7 Å². The van der Waals surface area contributed by atoms with Crippen molar-refractivity contribution in [2.75, 3.05) is 31.8 Å². The molecule has 0 spiro atoms. The van der Waals surface area contributed by atoms with Gasteiger partial charge in [0.2, 0.25) is 0 Å². The number of nitrogens with zero attached hydrogens (tertiary/aromatic N) is 2. The molecule has 0 bridgehead atoms. The molecule has 1 heterocycles. The first-order valence-electron chi connectivity index (χ1n) is 9.67. The molecule has 0 unspecified atom stereocenters. The van der Waals surface area contributed by atoms with Gasteiger partial charge in [-0.15, -0.1) is 0 Å². The molecule has 10 heteroatoms. The van der Waals surface area contributed by atoms with Crippen LogP contribution in [0.1, 0.15) is 26.3 Å². The van der Waals surface area contributed by atoms with Crippen LogP contribution in [0.2, 0.25) is 10.0 Å². The molecule has 0 fully saturated rings. The van der Waals surface area contributed by atoms with Gasteiger partial charge in [0.25, 0.3) is 11.8 Å². The summed E-state index contributed by atoms with van der Waals surface area (Å²) in [5, 5.41) is 14.3. The monoisotopic (exact) mass is 485 g/mol. The second kappa shape index (κ2) is 10.3. The Morgan fingerprint density at radius 1 is 0.939 bits per heavy atom. The van der Waals surface area contributed by atoms with Gasteiger partial charge in [0.1, 0.15) is 17.4 Å². The van der Waals surface area contributed by atoms with Gasteiger partial charge in [-0.2, -0.15) is 0 Å². The number of ether oxygens (including phenoxy) is 1. The van der Waals surface area contributed by atoms with Crippen LogP contribution in [0.25, 0.3) is 0 Å². The molecule has 3 aromatic rings. The molecule has 3 N–H and O–H groups in total. The number of carbonyl (C=O) groups is 2. The number of halogens is 2.